The van der Waals surface area contributed by atoms with Crippen molar-refractivity contribution in [3.8, 4) is 0 Å². The maximum absolute atomic E-state index is 10.4. The van der Waals surface area contributed by atoms with E-state index in [1.165, 1.54) is 0 Å². The van der Waals surface area contributed by atoms with Gasteiger partial charge < -0.3 is 28.7 Å². The molecule has 0 spiro atoms. The van der Waals surface area contributed by atoms with E-state index >= 15 is 0 Å². The second kappa shape index (κ2) is 8.35. The third kappa shape index (κ3) is 8.40. The molecule has 0 saturated carbocycles. The summed E-state index contributed by atoms with van der Waals surface area (Å²) in [5.74, 6) is 0. The number of rotatable bonds is 4. The molecular weight excluding hydrogens is 249 g/mol. The summed E-state index contributed by atoms with van der Waals surface area (Å²) in [4.78, 5) is 46.7. The first-order valence-corrected chi connectivity index (χ1v) is 6.91. The van der Waals surface area contributed by atoms with Crippen LogP contribution in [0.15, 0.2) is 0 Å². The van der Waals surface area contributed by atoms with Gasteiger partial charge in [-0.25, -0.2) is 0 Å². The van der Waals surface area contributed by atoms with E-state index in [-0.39, 0.29) is 72.0 Å². The summed E-state index contributed by atoms with van der Waals surface area (Å²) in [7, 11) is -9.93. The maximum atomic E-state index is 10.4. The van der Waals surface area contributed by atoms with Crippen LogP contribution in [0.3, 0.4) is 0 Å². The van der Waals surface area contributed by atoms with Crippen LogP contribution < -0.4 is 68.9 Å². The molecular formula is C4H11Na2O6PSi. The normalized spacial score (nSPS) is 13.9. The van der Waals surface area contributed by atoms with E-state index in [4.69, 9.17) is 14.4 Å². The van der Waals surface area contributed by atoms with E-state index in [2.05, 4.69) is 0 Å². The summed E-state index contributed by atoms with van der Waals surface area (Å²) >= 11 is 0. The van der Waals surface area contributed by atoms with Gasteiger partial charge >= 0.3 is 67.9 Å². The summed E-state index contributed by atoms with van der Waals surface area (Å²) in [6.07, 6.45) is 0.0650. The molecule has 3 N–H and O–H groups in total. The topological polar surface area (TPSA) is 124 Å². The summed E-state index contributed by atoms with van der Waals surface area (Å²) in [6, 6.07) is 0. The van der Waals surface area contributed by atoms with Crippen molar-refractivity contribution >= 4 is 16.4 Å². The third-order valence-electron chi connectivity index (χ3n) is 1.39. The van der Waals surface area contributed by atoms with Crippen LogP contribution in [-0.4, -0.2) is 28.5 Å². The summed E-state index contributed by atoms with van der Waals surface area (Å²) in [5, 5.41) is -1.92. The zero-order chi connectivity index (χ0) is 9.99. The standard InChI is InChI=1S/C4H13O6PSi.2Na/c1-2-3-4(11(5,6)7)12(8,9)10;;/h4,8-10H,2-3H2,1H3,(H2,5,6,7);;/q;2*+1/p-2. The summed E-state index contributed by atoms with van der Waals surface area (Å²) in [6.45, 7) is 1.57. The van der Waals surface area contributed by atoms with Gasteiger partial charge in [-0.3, -0.25) is 0 Å². The molecule has 0 radical (unpaired) electrons. The first kappa shape index (κ1) is 21.5. The van der Waals surface area contributed by atoms with E-state index in [0.717, 1.165) is 0 Å². The van der Waals surface area contributed by atoms with E-state index in [9.17, 15) is 14.4 Å². The fraction of sp³-hybridized carbons (Fsp3) is 1.00. The van der Waals surface area contributed by atoms with Crippen LogP contribution in [0.2, 0.25) is 0 Å². The van der Waals surface area contributed by atoms with E-state index in [1.807, 2.05) is 0 Å². The zero-order valence-corrected chi connectivity index (χ0v) is 14.4. The van der Waals surface area contributed by atoms with Gasteiger partial charge in [0.05, 0.1) is 5.28 Å². The van der Waals surface area contributed by atoms with Crippen LogP contribution in [0.1, 0.15) is 19.8 Å². The van der Waals surface area contributed by atoms with Crippen LogP contribution >= 0.6 is 7.60 Å². The van der Waals surface area contributed by atoms with Crippen molar-refractivity contribution in [1.29, 1.82) is 0 Å². The van der Waals surface area contributed by atoms with Crippen LogP contribution in [0.4, 0.5) is 0 Å². The van der Waals surface area contributed by atoms with Gasteiger partial charge in [-0.05, 0) is 6.42 Å². The number of hydrogen-bond donors (Lipinski definition) is 3. The van der Waals surface area contributed by atoms with E-state index in [0.29, 0.717) is 0 Å². The molecule has 0 aromatic rings. The monoisotopic (exact) mass is 260 g/mol. The van der Waals surface area contributed by atoms with Crippen molar-refractivity contribution in [2.75, 3.05) is 0 Å². The Morgan fingerprint density at radius 1 is 1.29 bits per heavy atom. The first-order chi connectivity index (χ1) is 5.19. The molecule has 0 bridgehead atoms. The average molecular weight is 260 g/mol. The summed E-state index contributed by atoms with van der Waals surface area (Å²) < 4.78 is 10.4. The van der Waals surface area contributed by atoms with Gasteiger partial charge in [0.25, 0.3) is 0 Å². The third-order valence-corrected chi connectivity index (χ3v) is 5.58. The molecule has 0 rings (SSSR count). The summed E-state index contributed by atoms with van der Waals surface area (Å²) in [5.41, 5.74) is 0. The minimum Gasteiger partial charge on any atom is -0.811 e. The Labute approximate surface area is 128 Å². The second-order valence-electron chi connectivity index (χ2n) is 2.53. The van der Waals surface area contributed by atoms with Crippen molar-refractivity contribution in [2.45, 2.75) is 25.0 Å². The molecule has 0 aliphatic heterocycles. The van der Waals surface area contributed by atoms with Crippen molar-refractivity contribution in [2.24, 2.45) is 0 Å². The molecule has 1 unspecified atom stereocenters. The predicted molar refractivity (Wildman–Crippen MR) is 38.7 cm³/mol. The molecule has 74 valence electrons. The Bertz CT molecular complexity index is 191. The minimum absolute atomic E-state index is 0. The Hall–Kier alpha value is 2.25. The maximum Gasteiger partial charge on any atom is 1.00 e. The largest absolute Gasteiger partial charge is 1.00 e. The first-order valence-electron chi connectivity index (χ1n) is 3.38. The Balaban J connectivity index is -0.000000605. The van der Waals surface area contributed by atoms with Gasteiger partial charge in [0, 0.05) is 0 Å². The fourth-order valence-corrected chi connectivity index (χ4v) is 3.78. The molecule has 0 aromatic heterocycles. The van der Waals surface area contributed by atoms with E-state index in [1.54, 1.807) is 6.92 Å². The Morgan fingerprint density at radius 3 is 1.71 bits per heavy atom. The van der Waals surface area contributed by atoms with Gasteiger partial charge in [0.2, 0.25) is 0 Å². The van der Waals surface area contributed by atoms with Crippen LogP contribution in [0, 0.1) is 0 Å². The van der Waals surface area contributed by atoms with Gasteiger partial charge in [0.1, 0.15) is 0 Å². The molecule has 10 heteroatoms. The average Bonchev–Trinajstić information content (AvgIpc) is 1.77. The molecule has 0 heterocycles. The van der Waals surface area contributed by atoms with Gasteiger partial charge in [0.15, 0.2) is 0 Å². The van der Waals surface area contributed by atoms with Gasteiger partial charge in [-0.1, -0.05) is 20.9 Å². The van der Waals surface area contributed by atoms with Crippen LogP contribution in [0.25, 0.3) is 0 Å². The second-order valence-corrected chi connectivity index (χ2v) is 6.79. The van der Waals surface area contributed by atoms with Crippen molar-refractivity contribution in [3.63, 3.8) is 0 Å². The quantitative estimate of drug-likeness (QED) is 0.340. The molecule has 0 fully saturated rings. The number of hydrogen-bond acceptors (Lipinski definition) is 6. The SMILES string of the molecule is CCCC([Si](O)(O)O)P(=O)([O-])[O-].[Na+].[Na+]. The van der Waals surface area contributed by atoms with Gasteiger partial charge in [-0.15, -0.1) is 0 Å². The predicted octanol–water partition coefficient (Wildman–Crippen LogP) is -8.47. The molecule has 0 amide bonds. The molecule has 6 nitrogen and oxygen atoms in total. The van der Waals surface area contributed by atoms with E-state index < -0.39 is 21.7 Å². The molecule has 0 aliphatic rings. The molecule has 14 heavy (non-hydrogen) atoms. The van der Waals surface area contributed by atoms with Crippen LogP contribution in [0.5, 0.6) is 0 Å². The van der Waals surface area contributed by atoms with Crippen molar-refractivity contribution in [1.82, 2.24) is 0 Å². The fourth-order valence-electron chi connectivity index (χ4n) is 0.837. The van der Waals surface area contributed by atoms with Crippen LogP contribution in [-0.2, 0) is 4.57 Å². The Morgan fingerprint density at radius 2 is 1.64 bits per heavy atom. The smallest absolute Gasteiger partial charge is 0.811 e. The Kier molecular flexibility index (Phi) is 12.8. The molecule has 0 saturated heterocycles. The molecule has 1 atom stereocenters. The van der Waals surface area contributed by atoms with Crippen molar-refractivity contribution < 1.29 is 87.9 Å². The zero-order valence-electron chi connectivity index (χ0n) is 8.51. The molecule has 0 aliphatic carbocycles. The molecule has 0 aromatic carbocycles. The van der Waals surface area contributed by atoms with Crippen molar-refractivity contribution in [3.05, 3.63) is 0 Å². The minimum atomic E-state index is -5.10. The van der Waals surface area contributed by atoms with Gasteiger partial charge in [-0.2, -0.15) is 0 Å².